The van der Waals surface area contributed by atoms with Crippen molar-refractivity contribution in [3.63, 3.8) is 0 Å². The van der Waals surface area contributed by atoms with E-state index in [2.05, 4.69) is 0 Å². The third-order valence-corrected chi connectivity index (χ3v) is 5.34. The first-order valence-electron chi connectivity index (χ1n) is 8.89. The Balaban J connectivity index is 1.48. The molecule has 0 aromatic carbocycles. The van der Waals surface area contributed by atoms with Gasteiger partial charge in [-0.25, -0.2) is 0 Å². The van der Waals surface area contributed by atoms with E-state index in [1.165, 1.54) is 19.3 Å². The van der Waals surface area contributed by atoms with Crippen molar-refractivity contribution in [1.29, 1.82) is 0 Å². The van der Waals surface area contributed by atoms with Crippen LogP contribution in [-0.4, -0.2) is 60.5 Å². The summed E-state index contributed by atoms with van der Waals surface area (Å²) in [6.45, 7) is 3.22. The molecule has 3 aliphatic rings. The molecule has 0 spiro atoms. The lowest BCUT2D eigenvalue weighted by Crippen LogP contribution is -2.56. The van der Waals surface area contributed by atoms with E-state index in [1.807, 2.05) is 4.90 Å². The minimum absolute atomic E-state index is 0.132. The standard InChI is InChI=1S/C17H28N2O3/c20-16(11-14-5-4-10-22-13-14)18-8-9-19(17(21)12-18)15-6-2-1-3-7-15/h14-15H,1-13H2. The van der Waals surface area contributed by atoms with E-state index in [0.29, 0.717) is 31.5 Å². The number of piperazine rings is 1. The minimum Gasteiger partial charge on any atom is -0.381 e. The number of carbonyl (C=O) groups excluding carboxylic acids is 2. The number of nitrogens with zero attached hydrogens (tertiary/aromatic N) is 2. The number of hydrogen-bond acceptors (Lipinski definition) is 3. The van der Waals surface area contributed by atoms with Crippen molar-refractivity contribution in [3.8, 4) is 0 Å². The van der Waals surface area contributed by atoms with E-state index in [1.54, 1.807) is 4.90 Å². The van der Waals surface area contributed by atoms with Gasteiger partial charge in [-0.3, -0.25) is 9.59 Å². The van der Waals surface area contributed by atoms with Crippen LogP contribution in [0, 0.1) is 5.92 Å². The number of ether oxygens (including phenoxy) is 1. The van der Waals surface area contributed by atoms with Gasteiger partial charge in [0.2, 0.25) is 11.8 Å². The summed E-state index contributed by atoms with van der Waals surface area (Å²) in [6, 6.07) is 0.422. The first kappa shape index (κ1) is 15.8. The Bertz CT molecular complexity index is 399. The molecule has 2 saturated heterocycles. The molecule has 5 nitrogen and oxygen atoms in total. The van der Waals surface area contributed by atoms with Crippen LogP contribution in [0.5, 0.6) is 0 Å². The second kappa shape index (κ2) is 7.44. The van der Waals surface area contributed by atoms with E-state index >= 15 is 0 Å². The van der Waals surface area contributed by atoms with Crippen molar-refractivity contribution in [2.24, 2.45) is 5.92 Å². The van der Waals surface area contributed by atoms with Crippen LogP contribution < -0.4 is 0 Å². The first-order chi connectivity index (χ1) is 10.7. The van der Waals surface area contributed by atoms with Crippen LogP contribution in [-0.2, 0) is 14.3 Å². The number of amides is 2. The molecule has 1 unspecified atom stereocenters. The van der Waals surface area contributed by atoms with Gasteiger partial charge in [0, 0.05) is 38.8 Å². The summed E-state index contributed by atoms with van der Waals surface area (Å²) >= 11 is 0. The first-order valence-corrected chi connectivity index (χ1v) is 8.89. The average molecular weight is 308 g/mol. The van der Waals surface area contributed by atoms with Gasteiger partial charge in [0.1, 0.15) is 0 Å². The molecule has 22 heavy (non-hydrogen) atoms. The number of rotatable bonds is 3. The highest BCUT2D eigenvalue weighted by Crippen LogP contribution is 2.25. The van der Waals surface area contributed by atoms with Gasteiger partial charge in [-0.1, -0.05) is 19.3 Å². The van der Waals surface area contributed by atoms with Gasteiger partial charge in [0.15, 0.2) is 0 Å². The zero-order valence-electron chi connectivity index (χ0n) is 13.5. The molecule has 0 N–H and O–H groups in total. The highest BCUT2D eigenvalue weighted by Gasteiger charge is 2.32. The summed E-state index contributed by atoms with van der Waals surface area (Å²) < 4.78 is 5.44. The molecule has 5 heteroatoms. The smallest absolute Gasteiger partial charge is 0.242 e. The van der Waals surface area contributed by atoms with Gasteiger partial charge in [-0.05, 0) is 31.6 Å². The highest BCUT2D eigenvalue weighted by atomic mass is 16.5. The van der Waals surface area contributed by atoms with Crippen molar-refractivity contribution >= 4 is 11.8 Å². The molecule has 0 aromatic rings. The monoisotopic (exact) mass is 308 g/mol. The molecule has 3 rings (SSSR count). The SMILES string of the molecule is O=C(CC1CCCOC1)N1CCN(C2CCCCC2)C(=O)C1. The van der Waals surface area contributed by atoms with Gasteiger partial charge in [0.05, 0.1) is 6.54 Å². The molecule has 0 bridgehead atoms. The molecule has 2 aliphatic heterocycles. The lowest BCUT2D eigenvalue weighted by atomic mass is 9.93. The predicted molar refractivity (Wildman–Crippen MR) is 83.3 cm³/mol. The fourth-order valence-electron chi connectivity index (χ4n) is 4.02. The van der Waals surface area contributed by atoms with Gasteiger partial charge >= 0.3 is 0 Å². The van der Waals surface area contributed by atoms with E-state index in [4.69, 9.17) is 4.74 Å². The molecule has 0 aromatic heterocycles. The third-order valence-electron chi connectivity index (χ3n) is 5.34. The Kier molecular flexibility index (Phi) is 5.34. The van der Waals surface area contributed by atoms with Crippen LogP contribution in [0.1, 0.15) is 51.4 Å². The molecular weight excluding hydrogens is 280 g/mol. The molecule has 3 fully saturated rings. The lowest BCUT2D eigenvalue weighted by molar-refractivity contribution is -0.148. The van der Waals surface area contributed by atoms with Crippen LogP contribution in [0.25, 0.3) is 0 Å². The molecule has 1 saturated carbocycles. The van der Waals surface area contributed by atoms with E-state index in [9.17, 15) is 9.59 Å². The van der Waals surface area contributed by atoms with E-state index < -0.39 is 0 Å². The van der Waals surface area contributed by atoms with Gasteiger partial charge < -0.3 is 14.5 Å². The van der Waals surface area contributed by atoms with Gasteiger partial charge in [-0.15, -0.1) is 0 Å². The van der Waals surface area contributed by atoms with Crippen molar-refractivity contribution in [2.75, 3.05) is 32.8 Å². The maximum atomic E-state index is 12.4. The fraction of sp³-hybridized carbons (Fsp3) is 0.882. The predicted octanol–water partition coefficient (Wildman–Crippen LogP) is 1.81. The second-order valence-electron chi connectivity index (χ2n) is 6.98. The van der Waals surface area contributed by atoms with Crippen LogP contribution in [0.15, 0.2) is 0 Å². The Morgan fingerprint density at radius 1 is 1.09 bits per heavy atom. The van der Waals surface area contributed by atoms with Crippen LogP contribution in [0.4, 0.5) is 0 Å². The Labute approximate surface area is 133 Å². The third kappa shape index (κ3) is 3.80. The van der Waals surface area contributed by atoms with Crippen LogP contribution in [0.3, 0.4) is 0 Å². The second-order valence-corrected chi connectivity index (χ2v) is 6.98. The van der Waals surface area contributed by atoms with Gasteiger partial charge in [-0.2, -0.15) is 0 Å². The minimum atomic E-state index is 0.132. The van der Waals surface area contributed by atoms with Crippen molar-refractivity contribution < 1.29 is 14.3 Å². The number of carbonyl (C=O) groups is 2. The molecule has 2 amide bonds. The molecular formula is C17H28N2O3. The largest absolute Gasteiger partial charge is 0.381 e. The molecule has 2 heterocycles. The topological polar surface area (TPSA) is 49.9 Å². The molecule has 0 radical (unpaired) electrons. The molecule has 124 valence electrons. The quantitative estimate of drug-likeness (QED) is 0.799. The maximum Gasteiger partial charge on any atom is 0.242 e. The van der Waals surface area contributed by atoms with Crippen LogP contribution in [0.2, 0.25) is 0 Å². The lowest BCUT2D eigenvalue weighted by Gasteiger charge is -2.40. The average Bonchev–Trinajstić information content (AvgIpc) is 2.56. The fourth-order valence-corrected chi connectivity index (χ4v) is 4.02. The van der Waals surface area contributed by atoms with Crippen molar-refractivity contribution in [3.05, 3.63) is 0 Å². The zero-order chi connectivity index (χ0) is 15.4. The van der Waals surface area contributed by atoms with E-state index in [-0.39, 0.29) is 18.4 Å². The summed E-state index contributed by atoms with van der Waals surface area (Å²) in [5.74, 6) is 0.617. The van der Waals surface area contributed by atoms with Crippen molar-refractivity contribution in [1.82, 2.24) is 9.80 Å². The normalized spacial score (nSPS) is 28.0. The molecule has 1 atom stereocenters. The summed E-state index contributed by atoms with van der Waals surface area (Å²) in [6.07, 6.45) is 8.70. The highest BCUT2D eigenvalue weighted by molar-refractivity contribution is 5.86. The Morgan fingerprint density at radius 3 is 2.59 bits per heavy atom. The maximum absolute atomic E-state index is 12.4. The van der Waals surface area contributed by atoms with Crippen molar-refractivity contribution in [2.45, 2.75) is 57.4 Å². The Hall–Kier alpha value is -1.10. The summed E-state index contributed by atoms with van der Waals surface area (Å²) in [5.41, 5.74) is 0. The number of hydrogen-bond donors (Lipinski definition) is 0. The summed E-state index contributed by atoms with van der Waals surface area (Å²) in [4.78, 5) is 28.6. The molecule has 1 aliphatic carbocycles. The summed E-state index contributed by atoms with van der Waals surface area (Å²) in [5, 5.41) is 0. The summed E-state index contributed by atoms with van der Waals surface area (Å²) in [7, 11) is 0. The van der Waals surface area contributed by atoms with Gasteiger partial charge in [0.25, 0.3) is 0 Å². The Morgan fingerprint density at radius 2 is 1.91 bits per heavy atom. The van der Waals surface area contributed by atoms with E-state index in [0.717, 1.165) is 38.8 Å². The van der Waals surface area contributed by atoms with Crippen LogP contribution >= 0.6 is 0 Å². The zero-order valence-corrected chi connectivity index (χ0v) is 13.5.